The number of aliphatic hydroxyl groups is 1. The zero-order valence-corrected chi connectivity index (χ0v) is 10.7. The van der Waals surface area contributed by atoms with Crippen molar-refractivity contribution in [3.05, 3.63) is 22.7 Å². The molecule has 2 N–H and O–H groups in total. The average Bonchev–Trinajstić information content (AvgIpc) is 2.30. The van der Waals surface area contributed by atoms with Crippen LogP contribution in [0, 0.1) is 0 Å². The molecule has 0 saturated heterocycles. The van der Waals surface area contributed by atoms with Crippen molar-refractivity contribution in [1.29, 1.82) is 0 Å². The van der Waals surface area contributed by atoms with Crippen LogP contribution in [0.15, 0.2) is 17.2 Å². The van der Waals surface area contributed by atoms with E-state index in [1.165, 1.54) is 0 Å². The Morgan fingerprint density at radius 3 is 2.76 bits per heavy atom. The van der Waals surface area contributed by atoms with E-state index in [-0.39, 0.29) is 24.2 Å². The van der Waals surface area contributed by atoms with Crippen molar-refractivity contribution in [2.75, 3.05) is 11.9 Å². The van der Waals surface area contributed by atoms with Gasteiger partial charge in [0.05, 0.1) is 0 Å². The topological polar surface area (TPSA) is 67.2 Å². The minimum Gasteiger partial charge on any atom is -0.396 e. The summed E-state index contributed by atoms with van der Waals surface area (Å²) in [6, 6.07) is 0.201. The van der Waals surface area contributed by atoms with Gasteiger partial charge in [0, 0.05) is 31.1 Å². The van der Waals surface area contributed by atoms with Crippen molar-refractivity contribution < 1.29 is 5.11 Å². The van der Waals surface area contributed by atoms with Crippen LogP contribution < -0.4 is 10.9 Å². The summed E-state index contributed by atoms with van der Waals surface area (Å²) in [5.74, 6) is 0.363. The third-order valence-corrected chi connectivity index (χ3v) is 2.74. The second-order valence-corrected chi connectivity index (χ2v) is 4.34. The van der Waals surface area contributed by atoms with E-state index in [0.717, 1.165) is 6.42 Å². The predicted octanol–water partition coefficient (Wildman–Crippen LogP) is 1.40. The number of aliphatic hydroxyl groups excluding tert-OH is 1. The fourth-order valence-corrected chi connectivity index (χ4v) is 1.66. The largest absolute Gasteiger partial charge is 0.396 e. The summed E-state index contributed by atoms with van der Waals surface area (Å²) in [7, 11) is 0. The van der Waals surface area contributed by atoms with Crippen LogP contribution in [0.2, 0.25) is 0 Å². The molecule has 5 nitrogen and oxygen atoms in total. The fourth-order valence-electron chi connectivity index (χ4n) is 1.66. The maximum atomic E-state index is 12.0. The monoisotopic (exact) mass is 239 g/mol. The normalized spacial score (nSPS) is 12.8. The molecule has 1 atom stereocenters. The molecule has 1 aromatic rings. The number of aromatic nitrogens is 2. The van der Waals surface area contributed by atoms with Gasteiger partial charge in [0.15, 0.2) is 5.82 Å². The van der Waals surface area contributed by atoms with E-state index in [1.807, 2.05) is 20.8 Å². The van der Waals surface area contributed by atoms with E-state index in [4.69, 9.17) is 5.11 Å². The van der Waals surface area contributed by atoms with Crippen LogP contribution in [0.3, 0.4) is 0 Å². The molecule has 0 bridgehead atoms. The van der Waals surface area contributed by atoms with Gasteiger partial charge >= 0.3 is 0 Å². The zero-order valence-electron chi connectivity index (χ0n) is 10.7. The molecule has 5 heteroatoms. The van der Waals surface area contributed by atoms with Crippen molar-refractivity contribution in [3.63, 3.8) is 0 Å². The fraction of sp³-hybridized carbons (Fsp3) is 0.667. The van der Waals surface area contributed by atoms with Gasteiger partial charge in [-0.25, -0.2) is 4.98 Å². The molecule has 17 heavy (non-hydrogen) atoms. The first kappa shape index (κ1) is 13.7. The van der Waals surface area contributed by atoms with Crippen LogP contribution in [-0.4, -0.2) is 27.3 Å². The molecule has 1 rings (SSSR count). The zero-order chi connectivity index (χ0) is 12.8. The smallest absolute Gasteiger partial charge is 0.293 e. The molecule has 0 amide bonds. The van der Waals surface area contributed by atoms with Gasteiger partial charge < -0.3 is 15.0 Å². The highest BCUT2D eigenvalue weighted by Gasteiger charge is 2.11. The summed E-state index contributed by atoms with van der Waals surface area (Å²) in [5.41, 5.74) is -0.112. The van der Waals surface area contributed by atoms with Gasteiger partial charge in [-0.1, -0.05) is 6.92 Å². The van der Waals surface area contributed by atoms with Crippen molar-refractivity contribution >= 4 is 5.82 Å². The van der Waals surface area contributed by atoms with Crippen molar-refractivity contribution in [1.82, 2.24) is 9.55 Å². The van der Waals surface area contributed by atoms with Gasteiger partial charge in [-0.15, -0.1) is 0 Å². The quantitative estimate of drug-likeness (QED) is 0.787. The Labute approximate surface area is 102 Å². The molecule has 0 aliphatic rings. The van der Waals surface area contributed by atoms with E-state index >= 15 is 0 Å². The molecule has 1 heterocycles. The van der Waals surface area contributed by atoms with Crippen LogP contribution in [0.4, 0.5) is 5.82 Å². The molecule has 0 fully saturated rings. The van der Waals surface area contributed by atoms with Gasteiger partial charge in [0.2, 0.25) is 0 Å². The van der Waals surface area contributed by atoms with E-state index in [9.17, 15) is 4.79 Å². The summed E-state index contributed by atoms with van der Waals surface area (Å²) in [6.45, 7) is 6.03. The minimum atomic E-state index is -0.112. The lowest BCUT2D eigenvalue weighted by molar-refractivity contribution is 0.278. The Morgan fingerprint density at radius 1 is 1.53 bits per heavy atom. The number of rotatable bonds is 6. The number of hydrogen-bond donors (Lipinski definition) is 2. The summed E-state index contributed by atoms with van der Waals surface area (Å²) in [6.07, 6.45) is 4.77. The average molecular weight is 239 g/mol. The maximum absolute atomic E-state index is 12.0. The SMILES string of the molecule is CCC(CCO)Nc1nccn(C(C)C)c1=O. The number of nitrogens with zero attached hydrogens (tertiary/aromatic N) is 2. The highest BCUT2D eigenvalue weighted by molar-refractivity contribution is 5.32. The van der Waals surface area contributed by atoms with Crippen LogP contribution in [0.25, 0.3) is 0 Å². The first-order valence-electron chi connectivity index (χ1n) is 6.04. The molecule has 0 spiro atoms. The summed E-state index contributed by atoms with van der Waals surface area (Å²) in [5, 5.41) is 12.0. The Hall–Kier alpha value is -1.36. The van der Waals surface area contributed by atoms with Crippen molar-refractivity contribution in [2.45, 2.75) is 45.7 Å². The lowest BCUT2D eigenvalue weighted by Gasteiger charge is -2.17. The number of hydrogen-bond acceptors (Lipinski definition) is 4. The molecule has 0 aliphatic heterocycles. The summed E-state index contributed by atoms with van der Waals surface area (Å²) >= 11 is 0. The Balaban J connectivity index is 2.91. The summed E-state index contributed by atoms with van der Waals surface area (Å²) < 4.78 is 1.64. The molecule has 0 aromatic carbocycles. The van der Waals surface area contributed by atoms with E-state index in [1.54, 1.807) is 17.0 Å². The lowest BCUT2D eigenvalue weighted by atomic mass is 10.1. The Kier molecular flexibility index (Phi) is 5.15. The third kappa shape index (κ3) is 3.56. The van der Waals surface area contributed by atoms with E-state index in [2.05, 4.69) is 10.3 Å². The number of nitrogens with one attached hydrogen (secondary N) is 1. The lowest BCUT2D eigenvalue weighted by Crippen LogP contribution is -2.30. The molecular weight excluding hydrogens is 218 g/mol. The van der Waals surface area contributed by atoms with Gasteiger partial charge in [0.1, 0.15) is 0 Å². The van der Waals surface area contributed by atoms with E-state index in [0.29, 0.717) is 12.2 Å². The van der Waals surface area contributed by atoms with Crippen LogP contribution in [0.5, 0.6) is 0 Å². The molecular formula is C12H21N3O2. The molecule has 96 valence electrons. The molecule has 0 radical (unpaired) electrons. The van der Waals surface area contributed by atoms with Gasteiger partial charge in [-0.05, 0) is 26.7 Å². The van der Waals surface area contributed by atoms with Gasteiger partial charge in [0.25, 0.3) is 5.56 Å². The highest BCUT2D eigenvalue weighted by Crippen LogP contribution is 2.06. The van der Waals surface area contributed by atoms with E-state index < -0.39 is 0 Å². The van der Waals surface area contributed by atoms with Crippen molar-refractivity contribution in [3.8, 4) is 0 Å². The van der Waals surface area contributed by atoms with Crippen LogP contribution in [-0.2, 0) is 0 Å². The first-order valence-corrected chi connectivity index (χ1v) is 6.04. The second-order valence-electron chi connectivity index (χ2n) is 4.34. The van der Waals surface area contributed by atoms with Crippen LogP contribution >= 0.6 is 0 Å². The van der Waals surface area contributed by atoms with Gasteiger partial charge in [-0.3, -0.25) is 4.79 Å². The molecule has 0 saturated carbocycles. The van der Waals surface area contributed by atoms with Crippen molar-refractivity contribution in [2.24, 2.45) is 0 Å². The molecule has 1 unspecified atom stereocenters. The molecule has 1 aromatic heterocycles. The third-order valence-electron chi connectivity index (χ3n) is 2.74. The van der Waals surface area contributed by atoms with Crippen LogP contribution in [0.1, 0.15) is 39.7 Å². The van der Waals surface area contributed by atoms with Gasteiger partial charge in [-0.2, -0.15) is 0 Å². The minimum absolute atomic E-state index is 0.0863. The Morgan fingerprint density at radius 2 is 2.24 bits per heavy atom. The highest BCUT2D eigenvalue weighted by atomic mass is 16.3. The maximum Gasteiger partial charge on any atom is 0.293 e. The summed E-state index contributed by atoms with van der Waals surface area (Å²) in [4.78, 5) is 16.1. The molecule has 0 aliphatic carbocycles. The Bertz CT molecular complexity index is 401. The predicted molar refractivity (Wildman–Crippen MR) is 68.3 cm³/mol. The standard InChI is InChI=1S/C12H21N3O2/c1-4-10(5-8-16)14-11-12(17)15(9(2)3)7-6-13-11/h6-7,9-10,16H,4-5,8H2,1-3H3,(H,13,14). The first-order chi connectivity index (χ1) is 8.10. The second kappa shape index (κ2) is 6.39. The number of anilines is 1.